The molecule has 4 amide bonds. The van der Waals surface area contributed by atoms with Crippen LogP contribution in [-0.2, 0) is 29.0 Å². The summed E-state index contributed by atoms with van der Waals surface area (Å²) >= 11 is 1.49. The fraction of sp³-hybridized carbons (Fsp3) is 0.400. The van der Waals surface area contributed by atoms with E-state index in [2.05, 4.69) is 22.9 Å². The molecule has 3 atom stereocenters. The summed E-state index contributed by atoms with van der Waals surface area (Å²) in [4.78, 5) is 42.0. The number of urea groups is 1. The molecule has 1 saturated heterocycles. The lowest BCUT2D eigenvalue weighted by molar-refractivity contribution is -0.147. The summed E-state index contributed by atoms with van der Waals surface area (Å²) in [5, 5.41) is 20.1. The normalized spacial score (nSPS) is 17.0. The topological polar surface area (TPSA) is 111 Å². The monoisotopic (exact) mass is 616 g/mol. The van der Waals surface area contributed by atoms with Crippen LogP contribution in [0.3, 0.4) is 0 Å². The van der Waals surface area contributed by atoms with Crippen molar-refractivity contribution in [2.45, 2.75) is 82.9 Å². The number of benzene rings is 3. The van der Waals surface area contributed by atoms with Crippen LogP contribution in [0.2, 0.25) is 0 Å². The maximum atomic E-state index is 13.9. The van der Waals surface area contributed by atoms with Gasteiger partial charge in [-0.1, -0.05) is 80.1 Å². The van der Waals surface area contributed by atoms with Gasteiger partial charge in [-0.15, -0.1) is 11.8 Å². The van der Waals surface area contributed by atoms with Gasteiger partial charge in [-0.25, -0.2) is 4.79 Å². The maximum Gasteiger partial charge on any atom is 0.319 e. The SMILES string of the molecule is CCCCc1ccc(NC(=O)NC(Cc2ccccc2)C(O)C(=O)N2CSC(C)(C)C2C(=O)NCc2ccccc2C)cc1. The lowest BCUT2D eigenvalue weighted by atomic mass is 9.97. The first-order valence-electron chi connectivity index (χ1n) is 15.2. The first-order chi connectivity index (χ1) is 21.1. The Hall–Kier alpha value is -3.82. The van der Waals surface area contributed by atoms with Crippen molar-refractivity contribution in [2.75, 3.05) is 11.2 Å². The molecule has 1 heterocycles. The van der Waals surface area contributed by atoms with E-state index in [1.54, 1.807) is 0 Å². The molecule has 1 fully saturated rings. The average molecular weight is 617 g/mol. The van der Waals surface area contributed by atoms with Crippen LogP contribution in [0.15, 0.2) is 78.9 Å². The molecule has 3 aromatic carbocycles. The minimum atomic E-state index is -1.57. The Kier molecular flexibility index (Phi) is 11.5. The number of anilines is 1. The van der Waals surface area contributed by atoms with Crippen LogP contribution in [0, 0.1) is 6.92 Å². The van der Waals surface area contributed by atoms with Gasteiger partial charge < -0.3 is 26.0 Å². The van der Waals surface area contributed by atoms with Gasteiger partial charge in [-0.05, 0) is 74.4 Å². The lowest BCUT2D eigenvalue weighted by Crippen LogP contribution is -2.59. The predicted molar refractivity (Wildman–Crippen MR) is 177 cm³/mol. The van der Waals surface area contributed by atoms with E-state index in [4.69, 9.17) is 0 Å². The number of aliphatic hydroxyl groups excluding tert-OH is 1. The maximum absolute atomic E-state index is 13.9. The van der Waals surface area contributed by atoms with Crippen molar-refractivity contribution in [2.24, 2.45) is 0 Å². The zero-order chi connectivity index (χ0) is 31.7. The zero-order valence-corrected chi connectivity index (χ0v) is 26.8. The summed E-state index contributed by atoms with van der Waals surface area (Å²) in [5.74, 6) is -0.628. The molecule has 8 nitrogen and oxygen atoms in total. The molecule has 1 aliphatic heterocycles. The summed E-state index contributed by atoms with van der Waals surface area (Å²) in [6, 6.07) is 22.6. The van der Waals surface area contributed by atoms with Crippen molar-refractivity contribution in [1.29, 1.82) is 0 Å². The number of hydrogen-bond acceptors (Lipinski definition) is 5. The van der Waals surface area contributed by atoms with Gasteiger partial charge in [0.05, 0.1) is 11.9 Å². The molecule has 44 heavy (non-hydrogen) atoms. The molecule has 0 bridgehead atoms. The van der Waals surface area contributed by atoms with Crippen molar-refractivity contribution in [3.63, 3.8) is 0 Å². The molecule has 3 unspecified atom stereocenters. The summed E-state index contributed by atoms with van der Waals surface area (Å²) in [6.07, 6.45) is 1.85. The Morgan fingerprint density at radius 3 is 2.34 bits per heavy atom. The first kappa shape index (κ1) is 33.1. The van der Waals surface area contributed by atoms with Crippen molar-refractivity contribution >= 4 is 35.3 Å². The Balaban J connectivity index is 1.48. The van der Waals surface area contributed by atoms with Crippen LogP contribution >= 0.6 is 11.8 Å². The van der Waals surface area contributed by atoms with Gasteiger partial charge in [-0.2, -0.15) is 0 Å². The molecule has 1 aliphatic rings. The molecule has 0 radical (unpaired) electrons. The molecule has 0 saturated carbocycles. The van der Waals surface area contributed by atoms with Gasteiger partial charge in [0, 0.05) is 17.0 Å². The van der Waals surface area contributed by atoms with Gasteiger partial charge >= 0.3 is 6.03 Å². The van der Waals surface area contributed by atoms with Crippen LogP contribution < -0.4 is 16.0 Å². The van der Waals surface area contributed by atoms with Crippen molar-refractivity contribution in [1.82, 2.24) is 15.5 Å². The third-order valence-corrected chi connectivity index (χ3v) is 9.45. The molecular weight excluding hydrogens is 572 g/mol. The van der Waals surface area contributed by atoms with Crippen LogP contribution in [0.1, 0.15) is 55.9 Å². The lowest BCUT2D eigenvalue weighted by Gasteiger charge is -2.33. The van der Waals surface area contributed by atoms with Gasteiger partial charge in [0.2, 0.25) is 5.91 Å². The number of unbranched alkanes of at least 4 members (excludes halogenated alkanes) is 1. The average Bonchev–Trinajstić information content (AvgIpc) is 3.34. The summed E-state index contributed by atoms with van der Waals surface area (Å²) < 4.78 is -0.575. The van der Waals surface area contributed by atoms with Crippen LogP contribution in [0.25, 0.3) is 0 Å². The second-order valence-corrected chi connectivity index (χ2v) is 13.5. The second kappa shape index (κ2) is 15.3. The Bertz CT molecular complexity index is 1410. The number of rotatable bonds is 12. The molecule has 0 aromatic heterocycles. The fourth-order valence-corrected chi connectivity index (χ4v) is 6.56. The van der Waals surface area contributed by atoms with E-state index in [0.29, 0.717) is 12.2 Å². The van der Waals surface area contributed by atoms with Crippen molar-refractivity contribution in [3.05, 3.63) is 101 Å². The zero-order valence-electron chi connectivity index (χ0n) is 26.0. The van der Waals surface area contributed by atoms with Crippen molar-refractivity contribution < 1.29 is 19.5 Å². The third-order valence-electron chi connectivity index (χ3n) is 8.07. The smallest absolute Gasteiger partial charge is 0.319 e. The van der Waals surface area contributed by atoms with Gasteiger partial charge in [0.25, 0.3) is 5.91 Å². The highest BCUT2D eigenvalue weighted by Crippen LogP contribution is 2.40. The van der Waals surface area contributed by atoms with Crippen LogP contribution in [0.4, 0.5) is 10.5 Å². The number of aliphatic hydroxyl groups is 1. The van der Waals surface area contributed by atoms with E-state index in [9.17, 15) is 19.5 Å². The fourth-order valence-electron chi connectivity index (χ4n) is 5.42. The van der Waals surface area contributed by atoms with Gasteiger partial charge in [-0.3, -0.25) is 9.59 Å². The number of nitrogens with one attached hydrogen (secondary N) is 3. The predicted octanol–water partition coefficient (Wildman–Crippen LogP) is 5.43. The number of aryl methyl sites for hydroxylation is 2. The molecule has 4 rings (SSSR count). The quantitative estimate of drug-likeness (QED) is 0.217. The minimum Gasteiger partial charge on any atom is -0.381 e. The number of carbonyl (C=O) groups is 3. The Morgan fingerprint density at radius 1 is 0.977 bits per heavy atom. The molecule has 0 aliphatic carbocycles. The number of hydrogen-bond donors (Lipinski definition) is 4. The van der Waals surface area contributed by atoms with E-state index < -0.39 is 34.9 Å². The number of thioether (sulfide) groups is 1. The summed E-state index contributed by atoms with van der Waals surface area (Å²) in [5.41, 5.74) is 4.73. The third kappa shape index (κ3) is 8.64. The summed E-state index contributed by atoms with van der Waals surface area (Å²) in [7, 11) is 0. The van der Waals surface area contributed by atoms with Crippen LogP contribution in [-0.4, -0.2) is 56.7 Å². The van der Waals surface area contributed by atoms with E-state index in [-0.39, 0.29) is 18.2 Å². The van der Waals surface area contributed by atoms with E-state index in [1.807, 2.05) is 99.6 Å². The highest BCUT2D eigenvalue weighted by atomic mass is 32.2. The molecular formula is C35H44N4O4S. The largest absolute Gasteiger partial charge is 0.381 e. The summed E-state index contributed by atoms with van der Waals surface area (Å²) in [6.45, 7) is 8.33. The van der Waals surface area contributed by atoms with E-state index >= 15 is 0 Å². The second-order valence-electron chi connectivity index (χ2n) is 11.9. The number of carbonyl (C=O) groups excluding carboxylic acids is 3. The van der Waals surface area contributed by atoms with Crippen LogP contribution in [0.5, 0.6) is 0 Å². The molecule has 234 valence electrons. The Morgan fingerprint density at radius 2 is 1.66 bits per heavy atom. The standard InChI is InChI=1S/C35H44N4O4S/c1-5-6-13-25-17-19-28(20-18-25)37-34(43)38-29(21-26-14-8-7-9-15-26)30(40)33(42)39-23-44-35(3,4)31(39)32(41)36-22-27-16-11-10-12-24(27)2/h7-12,14-20,29-31,40H,5-6,13,21-23H2,1-4H3,(H,36,41)(H2,37,38,43). The molecule has 3 aromatic rings. The van der Waals surface area contributed by atoms with E-state index in [1.165, 1.54) is 22.2 Å². The van der Waals surface area contributed by atoms with Gasteiger partial charge in [0.15, 0.2) is 6.10 Å². The van der Waals surface area contributed by atoms with Gasteiger partial charge in [0.1, 0.15) is 6.04 Å². The first-order valence-corrected chi connectivity index (χ1v) is 16.2. The number of nitrogens with zero attached hydrogens (tertiary/aromatic N) is 1. The highest BCUT2D eigenvalue weighted by Gasteiger charge is 2.49. The molecule has 4 N–H and O–H groups in total. The minimum absolute atomic E-state index is 0.228. The molecule has 0 spiro atoms. The van der Waals surface area contributed by atoms with Crippen molar-refractivity contribution in [3.8, 4) is 0 Å². The Labute approximate surface area is 265 Å². The molecule has 9 heteroatoms. The van der Waals surface area contributed by atoms with E-state index in [0.717, 1.165) is 36.0 Å². The number of amides is 4. The highest BCUT2D eigenvalue weighted by molar-refractivity contribution is 8.00.